The number of fused-ring (bicyclic) bond motifs is 2. The number of aliphatic hydroxyl groups is 1. The molecule has 0 aliphatic heterocycles. The van der Waals surface area contributed by atoms with Crippen LogP contribution in [0, 0.1) is 0 Å². The molecule has 1 aromatic carbocycles. The number of aliphatic hydroxyl groups excluding tert-OH is 1. The average molecular weight is 417 g/mol. The van der Waals surface area contributed by atoms with E-state index in [1.165, 1.54) is 11.8 Å². The molecular weight excluding hydrogens is 398 g/mol. The van der Waals surface area contributed by atoms with Gasteiger partial charge in [-0.15, -0.1) is 10.2 Å². The van der Waals surface area contributed by atoms with Crippen molar-refractivity contribution in [1.29, 1.82) is 0 Å². The van der Waals surface area contributed by atoms with Gasteiger partial charge in [-0.05, 0) is 55.1 Å². The van der Waals surface area contributed by atoms with Crippen LogP contribution in [0.5, 0.6) is 0 Å². The molecule has 0 aliphatic rings. The maximum atomic E-state index is 9.54. The summed E-state index contributed by atoms with van der Waals surface area (Å²) in [7, 11) is 1.90. The Morgan fingerprint density at radius 1 is 1.03 bits per heavy atom. The van der Waals surface area contributed by atoms with Crippen LogP contribution in [0.25, 0.3) is 27.7 Å². The van der Waals surface area contributed by atoms with Crippen LogP contribution in [-0.2, 0) is 7.05 Å². The predicted molar refractivity (Wildman–Crippen MR) is 116 cm³/mol. The zero-order chi connectivity index (χ0) is 20.7. The summed E-state index contributed by atoms with van der Waals surface area (Å²) in [6, 6.07) is 12.0. The average Bonchev–Trinajstić information content (AvgIpc) is 3.33. The van der Waals surface area contributed by atoms with E-state index >= 15 is 0 Å². The highest BCUT2D eigenvalue weighted by Gasteiger charge is 2.11. The number of nitrogens with zero attached hydrogens (tertiary/aromatic N) is 6. The molecule has 0 radical (unpaired) electrons. The van der Waals surface area contributed by atoms with Crippen molar-refractivity contribution in [2.75, 3.05) is 5.32 Å². The van der Waals surface area contributed by atoms with E-state index in [1.54, 1.807) is 17.8 Å². The van der Waals surface area contributed by atoms with Crippen LogP contribution in [-0.4, -0.2) is 40.7 Å². The number of hydrogen-bond acceptors (Lipinski definition) is 7. The minimum atomic E-state index is -0.641. The maximum Gasteiger partial charge on any atom is 0.200 e. The molecule has 0 saturated heterocycles. The number of aromatic nitrogens is 6. The Labute approximate surface area is 176 Å². The van der Waals surface area contributed by atoms with Crippen molar-refractivity contribution < 1.29 is 5.11 Å². The molecule has 0 fully saturated rings. The zero-order valence-electron chi connectivity index (χ0n) is 16.4. The number of benzene rings is 1. The zero-order valence-corrected chi connectivity index (χ0v) is 17.2. The number of nitrogens with one attached hydrogen (secondary N) is 1. The van der Waals surface area contributed by atoms with E-state index in [9.17, 15) is 5.11 Å². The van der Waals surface area contributed by atoms with Gasteiger partial charge in [0.25, 0.3) is 0 Å². The molecule has 30 heavy (non-hydrogen) atoms. The highest BCUT2D eigenvalue weighted by molar-refractivity contribution is 7.99. The molecule has 4 aromatic heterocycles. The van der Waals surface area contributed by atoms with Crippen LogP contribution >= 0.6 is 11.8 Å². The lowest BCUT2D eigenvalue weighted by molar-refractivity contribution is 0.224. The van der Waals surface area contributed by atoms with Gasteiger partial charge in [0.1, 0.15) is 6.23 Å². The van der Waals surface area contributed by atoms with E-state index in [0.717, 1.165) is 43.4 Å². The standard InChI is InChI=1S/C21H19N7OS/c1-13(29)24-17-7-15-8-18(4-5-19(15)22-10-17)30-21-26-25-20-6-3-14(12-28(20)21)16-9-23-27(2)11-16/h3-13,24,29H,1-2H3. The first-order valence-corrected chi connectivity index (χ1v) is 10.2. The Hall–Kier alpha value is -3.43. The van der Waals surface area contributed by atoms with Gasteiger partial charge in [0.15, 0.2) is 10.8 Å². The summed E-state index contributed by atoms with van der Waals surface area (Å²) in [6.45, 7) is 1.67. The number of pyridine rings is 2. The number of hydrogen-bond donors (Lipinski definition) is 2. The minimum Gasteiger partial charge on any atom is -0.374 e. The molecule has 8 nitrogen and oxygen atoms in total. The summed E-state index contributed by atoms with van der Waals surface area (Å²) >= 11 is 1.54. The highest BCUT2D eigenvalue weighted by Crippen LogP contribution is 2.30. The molecule has 0 bridgehead atoms. The summed E-state index contributed by atoms with van der Waals surface area (Å²) in [5, 5.41) is 27.2. The van der Waals surface area contributed by atoms with Gasteiger partial charge in [-0.3, -0.25) is 14.1 Å². The van der Waals surface area contributed by atoms with Gasteiger partial charge in [0.05, 0.1) is 23.6 Å². The van der Waals surface area contributed by atoms with Gasteiger partial charge in [0.2, 0.25) is 0 Å². The Balaban J connectivity index is 1.49. The lowest BCUT2D eigenvalue weighted by atomic mass is 10.2. The van der Waals surface area contributed by atoms with Gasteiger partial charge < -0.3 is 10.4 Å². The Morgan fingerprint density at radius 3 is 2.73 bits per heavy atom. The van der Waals surface area contributed by atoms with Crippen molar-refractivity contribution in [3.63, 3.8) is 0 Å². The minimum absolute atomic E-state index is 0.641. The van der Waals surface area contributed by atoms with Gasteiger partial charge in [-0.25, -0.2) is 0 Å². The molecule has 0 spiro atoms. The molecule has 0 aliphatic carbocycles. The number of rotatable bonds is 5. The van der Waals surface area contributed by atoms with Crippen molar-refractivity contribution in [2.45, 2.75) is 23.2 Å². The SMILES string of the molecule is CC(O)Nc1cnc2ccc(Sc3nnc4ccc(-c5cnn(C)c5)cn34)cc2c1. The van der Waals surface area contributed by atoms with Gasteiger partial charge in [-0.1, -0.05) is 0 Å². The first-order valence-electron chi connectivity index (χ1n) is 9.41. The maximum absolute atomic E-state index is 9.54. The van der Waals surface area contributed by atoms with E-state index in [2.05, 4.69) is 31.7 Å². The Kier molecular flexibility index (Phi) is 4.61. The van der Waals surface area contributed by atoms with Crippen LogP contribution in [0.3, 0.4) is 0 Å². The lowest BCUT2D eigenvalue weighted by Crippen LogP contribution is -2.13. The van der Waals surface area contributed by atoms with Crippen LogP contribution in [0.15, 0.2) is 71.2 Å². The van der Waals surface area contributed by atoms with Crippen LogP contribution in [0.4, 0.5) is 5.69 Å². The first-order chi connectivity index (χ1) is 14.5. The molecule has 2 N–H and O–H groups in total. The molecule has 1 unspecified atom stereocenters. The van der Waals surface area contributed by atoms with E-state index in [1.807, 2.05) is 60.4 Å². The van der Waals surface area contributed by atoms with Crippen molar-refractivity contribution in [3.05, 3.63) is 61.2 Å². The van der Waals surface area contributed by atoms with Gasteiger partial charge in [0, 0.05) is 40.8 Å². The second kappa shape index (κ2) is 7.43. The highest BCUT2D eigenvalue weighted by atomic mass is 32.2. The topological polar surface area (TPSA) is 93.2 Å². The summed E-state index contributed by atoms with van der Waals surface area (Å²) in [6.07, 6.45) is 6.93. The summed E-state index contributed by atoms with van der Waals surface area (Å²) in [4.78, 5) is 5.47. The van der Waals surface area contributed by atoms with Crippen molar-refractivity contribution in [3.8, 4) is 11.1 Å². The normalized spacial score (nSPS) is 12.5. The third kappa shape index (κ3) is 3.60. The smallest absolute Gasteiger partial charge is 0.200 e. The monoisotopic (exact) mass is 417 g/mol. The van der Waals surface area contributed by atoms with Crippen LogP contribution in [0.1, 0.15) is 6.92 Å². The van der Waals surface area contributed by atoms with Gasteiger partial charge >= 0.3 is 0 Å². The summed E-state index contributed by atoms with van der Waals surface area (Å²) < 4.78 is 3.77. The quantitative estimate of drug-likeness (QED) is 0.422. The third-order valence-electron chi connectivity index (χ3n) is 4.65. The van der Waals surface area contributed by atoms with E-state index in [0.29, 0.717) is 0 Å². The number of anilines is 1. The molecular formula is C21H19N7OS. The van der Waals surface area contributed by atoms with E-state index in [4.69, 9.17) is 0 Å². The fraction of sp³-hybridized carbons (Fsp3) is 0.143. The molecule has 5 rings (SSSR count). The molecule has 9 heteroatoms. The molecule has 0 amide bonds. The molecule has 150 valence electrons. The fourth-order valence-corrected chi connectivity index (χ4v) is 4.14. The van der Waals surface area contributed by atoms with Gasteiger partial charge in [-0.2, -0.15) is 5.10 Å². The second-order valence-corrected chi connectivity index (χ2v) is 8.07. The first kappa shape index (κ1) is 18.6. The molecule has 5 aromatic rings. The predicted octanol–water partition coefficient (Wildman–Crippen LogP) is 3.58. The Bertz CT molecular complexity index is 1360. The summed E-state index contributed by atoms with van der Waals surface area (Å²) in [5.74, 6) is 0. The fourth-order valence-electron chi connectivity index (χ4n) is 3.28. The van der Waals surface area contributed by atoms with Crippen LogP contribution in [0.2, 0.25) is 0 Å². The van der Waals surface area contributed by atoms with Crippen LogP contribution < -0.4 is 5.32 Å². The second-order valence-electron chi connectivity index (χ2n) is 7.03. The largest absolute Gasteiger partial charge is 0.374 e. The molecule has 4 heterocycles. The van der Waals surface area contributed by atoms with E-state index < -0.39 is 6.23 Å². The number of aryl methyl sites for hydroxylation is 1. The third-order valence-corrected chi connectivity index (χ3v) is 5.60. The van der Waals surface area contributed by atoms with E-state index in [-0.39, 0.29) is 0 Å². The lowest BCUT2D eigenvalue weighted by Gasteiger charge is -2.10. The van der Waals surface area contributed by atoms with Crippen molar-refractivity contribution >= 4 is 34.0 Å². The van der Waals surface area contributed by atoms with Crippen molar-refractivity contribution in [1.82, 2.24) is 29.4 Å². The molecule has 1 atom stereocenters. The Morgan fingerprint density at radius 2 is 1.93 bits per heavy atom. The summed E-state index contributed by atoms with van der Waals surface area (Å²) in [5.41, 5.74) is 4.54. The van der Waals surface area contributed by atoms with Crippen molar-refractivity contribution in [2.24, 2.45) is 7.05 Å². The molecule has 0 saturated carbocycles.